The predicted octanol–water partition coefficient (Wildman–Crippen LogP) is 3.00. The van der Waals surface area contributed by atoms with Crippen LogP contribution < -0.4 is 5.73 Å². The van der Waals surface area contributed by atoms with E-state index in [1.54, 1.807) is 19.1 Å². The van der Waals surface area contributed by atoms with Gasteiger partial charge in [0.15, 0.2) is 0 Å². The lowest BCUT2D eigenvalue weighted by molar-refractivity contribution is 0.275. The molecule has 1 aromatic rings. The molecule has 0 aliphatic carbocycles. The van der Waals surface area contributed by atoms with Crippen LogP contribution in [0.1, 0.15) is 38.8 Å². The minimum absolute atomic E-state index is 0.0346. The summed E-state index contributed by atoms with van der Waals surface area (Å²) >= 11 is 3.23. The van der Waals surface area contributed by atoms with Gasteiger partial charge in [-0.3, -0.25) is 0 Å². The fourth-order valence-corrected chi connectivity index (χ4v) is 1.47. The molecule has 0 radical (unpaired) electrons. The van der Waals surface area contributed by atoms with Crippen LogP contribution in [0.25, 0.3) is 0 Å². The summed E-state index contributed by atoms with van der Waals surface area (Å²) in [6.45, 7) is 5.90. The molecule has 0 fully saturated rings. The molecule has 0 saturated carbocycles. The van der Waals surface area contributed by atoms with Gasteiger partial charge < -0.3 is 15.9 Å². The Morgan fingerprint density at radius 2 is 1.83 bits per heavy atom. The molecule has 0 amide bonds. The molecule has 0 heterocycles. The summed E-state index contributed by atoms with van der Waals surface area (Å²) in [6, 6.07) is 4.17. The maximum absolute atomic E-state index is 13.2. The highest BCUT2D eigenvalue weighted by molar-refractivity contribution is 9.10. The number of hydrogen-bond acceptors (Lipinski definition) is 3. The maximum atomic E-state index is 13.2. The van der Waals surface area contributed by atoms with E-state index in [2.05, 4.69) is 15.9 Å². The number of rotatable bonds is 3. The largest absolute Gasteiger partial charge is 0.397 e. The number of nitrogens with two attached hydrogens (primary N) is 1. The van der Waals surface area contributed by atoms with Crippen molar-refractivity contribution < 1.29 is 14.6 Å². The van der Waals surface area contributed by atoms with Gasteiger partial charge in [0, 0.05) is 29.3 Å². The minimum Gasteiger partial charge on any atom is -0.397 e. The first-order valence-electron chi connectivity index (χ1n) is 5.99. The molecule has 18 heavy (non-hydrogen) atoms. The van der Waals surface area contributed by atoms with Crippen molar-refractivity contribution in [2.45, 2.75) is 33.2 Å². The zero-order chi connectivity index (χ0) is 14.6. The minimum atomic E-state index is -0.442. The Morgan fingerprint density at radius 1 is 1.33 bits per heavy atom. The normalized spacial score (nSPS) is 10.7. The van der Waals surface area contributed by atoms with Crippen LogP contribution in [0.5, 0.6) is 0 Å². The molecule has 1 aromatic carbocycles. The van der Waals surface area contributed by atoms with Crippen molar-refractivity contribution in [2.24, 2.45) is 5.73 Å². The Morgan fingerprint density at radius 3 is 2.28 bits per heavy atom. The van der Waals surface area contributed by atoms with Crippen molar-refractivity contribution in [3.63, 3.8) is 0 Å². The first-order chi connectivity index (χ1) is 8.56. The second-order valence-corrected chi connectivity index (χ2v) is 4.02. The SMILES string of the molecule is CC.CCO.NC(CCO)c1cc(Br)ccc1F. The van der Waals surface area contributed by atoms with Gasteiger partial charge in [-0.15, -0.1) is 0 Å². The molecule has 1 atom stereocenters. The Kier molecular flexibility index (Phi) is 14.3. The van der Waals surface area contributed by atoms with E-state index < -0.39 is 6.04 Å². The molecule has 3 nitrogen and oxygen atoms in total. The fourth-order valence-electron chi connectivity index (χ4n) is 1.09. The maximum Gasteiger partial charge on any atom is 0.128 e. The summed E-state index contributed by atoms with van der Waals surface area (Å²) in [6.07, 6.45) is 0.368. The molecule has 0 saturated heterocycles. The smallest absolute Gasteiger partial charge is 0.128 e. The van der Waals surface area contributed by atoms with Crippen LogP contribution in [0.3, 0.4) is 0 Å². The van der Waals surface area contributed by atoms with Gasteiger partial charge >= 0.3 is 0 Å². The molecule has 106 valence electrons. The summed E-state index contributed by atoms with van der Waals surface area (Å²) in [5.41, 5.74) is 6.09. The van der Waals surface area contributed by atoms with Crippen molar-refractivity contribution >= 4 is 15.9 Å². The van der Waals surface area contributed by atoms with Crippen LogP contribution in [-0.2, 0) is 0 Å². The molecule has 0 aliphatic heterocycles. The Hall–Kier alpha value is -0.490. The van der Waals surface area contributed by atoms with E-state index in [1.165, 1.54) is 6.07 Å². The van der Waals surface area contributed by atoms with E-state index >= 15 is 0 Å². The standard InChI is InChI=1S/C9H11BrFNO.C2H6O.C2H6/c10-6-1-2-8(11)7(5-6)9(12)3-4-13;1-2-3;1-2/h1-2,5,9,13H,3-4,12H2;3H,2H2,1H3;1-2H3. The Labute approximate surface area is 117 Å². The zero-order valence-corrected chi connectivity index (χ0v) is 12.7. The third-order valence-corrected chi connectivity index (χ3v) is 2.29. The van der Waals surface area contributed by atoms with Gasteiger partial charge in [0.2, 0.25) is 0 Å². The van der Waals surface area contributed by atoms with Gasteiger partial charge in [-0.1, -0.05) is 29.8 Å². The third-order valence-electron chi connectivity index (χ3n) is 1.80. The second kappa shape index (κ2) is 13.0. The van der Waals surface area contributed by atoms with Gasteiger partial charge in [0.25, 0.3) is 0 Å². The van der Waals surface area contributed by atoms with E-state index in [1.807, 2.05) is 13.8 Å². The van der Waals surface area contributed by atoms with Crippen LogP contribution >= 0.6 is 15.9 Å². The zero-order valence-electron chi connectivity index (χ0n) is 11.2. The highest BCUT2D eigenvalue weighted by Crippen LogP contribution is 2.21. The highest BCUT2D eigenvalue weighted by atomic mass is 79.9. The van der Waals surface area contributed by atoms with Gasteiger partial charge in [-0.25, -0.2) is 4.39 Å². The van der Waals surface area contributed by atoms with Crippen molar-refractivity contribution in [3.05, 3.63) is 34.1 Å². The van der Waals surface area contributed by atoms with Crippen LogP contribution in [-0.4, -0.2) is 23.4 Å². The van der Waals surface area contributed by atoms with E-state index in [0.717, 1.165) is 4.47 Å². The van der Waals surface area contributed by atoms with E-state index in [0.29, 0.717) is 12.0 Å². The topological polar surface area (TPSA) is 66.5 Å². The monoisotopic (exact) mass is 323 g/mol. The number of aliphatic hydroxyl groups is 2. The first kappa shape index (κ1) is 19.8. The van der Waals surface area contributed by atoms with Gasteiger partial charge in [-0.05, 0) is 31.5 Å². The molecule has 1 rings (SSSR count). The Bertz CT molecular complexity index is 311. The summed E-state index contributed by atoms with van der Waals surface area (Å²) in [5.74, 6) is -0.329. The van der Waals surface area contributed by atoms with Gasteiger partial charge in [0.1, 0.15) is 5.82 Å². The molecular formula is C13H23BrFNO2. The van der Waals surface area contributed by atoms with Gasteiger partial charge in [-0.2, -0.15) is 0 Å². The molecule has 4 N–H and O–H groups in total. The average Bonchev–Trinajstić information content (AvgIpc) is 2.36. The summed E-state index contributed by atoms with van der Waals surface area (Å²) < 4.78 is 14.0. The highest BCUT2D eigenvalue weighted by Gasteiger charge is 2.10. The van der Waals surface area contributed by atoms with E-state index in [-0.39, 0.29) is 19.0 Å². The molecule has 1 unspecified atom stereocenters. The van der Waals surface area contributed by atoms with Crippen LogP contribution in [0.2, 0.25) is 0 Å². The van der Waals surface area contributed by atoms with Crippen molar-refractivity contribution in [1.82, 2.24) is 0 Å². The second-order valence-electron chi connectivity index (χ2n) is 3.10. The van der Waals surface area contributed by atoms with Gasteiger partial charge in [0.05, 0.1) is 0 Å². The first-order valence-corrected chi connectivity index (χ1v) is 6.78. The molecule has 0 spiro atoms. The number of halogens is 2. The average molecular weight is 324 g/mol. The number of hydrogen-bond donors (Lipinski definition) is 3. The van der Waals surface area contributed by atoms with E-state index in [4.69, 9.17) is 15.9 Å². The number of aliphatic hydroxyl groups excluding tert-OH is 2. The molecule has 5 heteroatoms. The summed E-state index contributed by atoms with van der Waals surface area (Å²) in [5, 5.41) is 16.2. The van der Waals surface area contributed by atoms with E-state index in [9.17, 15) is 4.39 Å². The van der Waals surface area contributed by atoms with Crippen molar-refractivity contribution in [1.29, 1.82) is 0 Å². The summed E-state index contributed by atoms with van der Waals surface area (Å²) in [7, 11) is 0. The van der Waals surface area contributed by atoms with Crippen LogP contribution in [0.4, 0.5) is 4.39 Å². The van der Waals surface area contributed by atoms with Crippen molar-refractivity contribution in [2.75, 3.05) is 13.2 Å². The summed E-state index contributed by atoms with van der Waals surface area (Å²) in [4.78, 5) is 0. The lowest BCUT2D eigenvalue weighted by Gasteiger charge is -2.11. The quantitative estimate of drug-likeness (QED) is 0.801. The molecule has 0 aliphatic rings. The predicted molar refractivity (Wildman–Crippen MR) is 76.8 cm³/mol. The lowest BCUT2D eigenvalue weighted by atomic mass is 10.0. The molecule has 0 bridgehead atoms. The molecular weight excluding hydrogens is 301 g/mol. The van der Waals surface area contributed by atoms with Crippen molar-refractivity contribution in [3.8, 4) is 0 Å². The third kappa shape index (κ3) is 8.58. The van der Waals surface area contributed by atoms with Crippen LogP contribution in [0.15, 0.2) is 22.7 Å². The lowest BCUT2D eigenvalue weighted by Crippen LogP contribution is -2.13. The van der Waals surface area contributed by atoms with Crippen LogP contribution in [0, 0.1) is 5.82 Å². The Balaban J connectivity index is 0. The fraction of sp³-hybridized carbons (Fsp3) is 0.538. The molecule has 0 aromatic heterocycles. The number of benzene rings is 1.